The molecule has 1 fully saturated rings. The molecule has 7 nitrogen and oxygen atoms in total. The second-order valence-corrected chi connectivity index (χ2v) is 42.9. The molecule has 0 saturated carbocycles. The fourth-order valence-electron chi connectivity index (χ4n) is 6.34. The molecule has 2 aromatic carbocycles. The highest BCUT2D eigenvalue weighted by atomic mass is 35.5. The monoisotopic (exact) mass is 907 g/mol. The van der Waals surface area contributed by atoms with Crippen LogP contribution in [0, 0.1) is 0 Å². The van der Waals surface area contributed by atoms with Crippen molar-refractivity contribution in [2.24, 2.45) is 0 Å². The maximum Gasteiger partial charge on any atom is 0.192 e. The van der Waals surface area contributed by atoms with Crippen molar-refractivity contribution in [2.45, 2.75) is 193 Å². The van der Waals surface area contributed by atoms with Gasteiger partial charge in [0.25, 0.3) is 0 Å². The second kappa shape index (κ2) is 19.4. The molecule has 0 bridgehead atoms. The predicted octanol–water partition coefficient (Wildman–Crippen LogP) is 13.4. The van der Waals surface area contributed by atoms with Crippen molar-refractivity contribution in [3.8, 4) is 5.75 Å². The van der Waals surface area contributed by atoms with Gasteiger partial charge in [-0.05, 0) is 109 Å². The summed E-state index contributed by atoms with van der Waals surface area (Å²) in [6.45, 7) is 50.3. The van der Waals surface area contributed by atoms with Crippen molar-refractivity contribution >= 4 is 50.6 Å². The van der Waals surface area contributed by atoms with Crippen molar-refractivity contribution in [3.63, 3.8) is 0 Å². The van der Waals surface area contributed by atoms with E-state index in [4.69, 9.17) is 34.0 Å². The largest absolute Gasteiger partial charge is 0.497 e. The quantitative estimate of drug-likeness (QED) is 0.159. The Kier molecular flexibility index (Phi) is 17.2. The maximum absolute atomic E-state index is 7.74. The minimum absolute atomic E-state index is 0.0164. The fourth-order valence-corrected chi connectivity index (χ4v) is 11.5. The van der Waals surface area contributed by atoms with Crippen LogP contribution in [0.4, 0.5) is 5.69 Å². The van der Waals surface area contributed by atoms with E-state index in [0.29, 0.717) is 11.6 Å². The minimum atomic E-state index is -2.29. The van der Waals surface area contributed by atoms with Crippen molar-refractivity contribution in [1.29, 1.82) is 0 Å². The van der Waals surface area contributed by atoms with Gasteiger partial charge in [0.15, 0.2) is 33.3 Å². The molecule has 12 heteroatoms. The van der Waals surface area contributed by atoms with E-state index >= 15 is 0 Å². The molecule has 0 radical (unpaired) electrons. The standard InChI is InChI=1S/C47H87ClN2O5Si4/c1-44(2,3)56(14,15)52-34-40-42(54-58(18,19)46(7,8)9)43(55-59(20,21)47(10,11)12)41(53-57(16,17)45(4,5)6)33-50(40)29-27-36-24-22-35(23-25-36)26-28-49-38-30-37(48)31-39(32-38)51-13/h22-25,30-32,40-43,49H,26-29,33-34H2,1-21H3/t40-,41?,42?,43?/m1/s1. The van der Waals surface area contributed by atoms with Gasteiger partial charge in [0, 0.05) is 36.4 Å². The highest BCUT2D eigenvalue weighted by Gasteiger charge is 2.55. The first-order chi connectivity index (χ1) is 26.6. The first-order valence-corrected chi connectivity index (χ1v) is 34.2. The molecule has 338 valence electrons. The van der Waals surface area contributed by atoms with Gasteiger partial charge >= 0.3 is 0 Å². The van der Waals surface area contributed by atoms with Gasteiger partial charge in [-0.15, -0.1) is 0 Å². The van der Waals surface area contributed by atoms with Gasteiger partial charge in [0.05, 0.1) is 38.1 Å². The number of methoxy groups -OCH3 is 1. The summed E-state index contributed by atoms with van der Waals surface area (Å²) in [5.41, 5.74) is 3.59. The van der Waals surface area contributed by atoms with Crippen molar-refractivity contribution in [1.82, 2.24) is 4.90 Å². The molecule has 1 saturated heterocycles. The number of likely N-dealkylation sites (tertiary alicyclic amines) is 1. The van der Waals surface area contributed by atoms with Crippen LogP contribution in [-0.4, -0.2) is 95.9 Å². The molecule has 2 aromatic rings. The number of hydrogen-bond donors (Lipinski definition) is 1. The Morgan fingerprint density at radius 1 is 0.627 bits per heavy atom. The number of anilines is 1. The van der Waals surface area contributed by atoms with Crippen LogP contribution in [0.1, 0.15) is 94.2 Å². The lowest BCUT2D eigenvalue weighted by atomic mass is 9.93. The normalized spacial score (nSPS) is 20.8. The second-order valence-electron chi connectivity index (χ2n) is 23.4. The van der Waals surface area contributed by atoms with Crippen molar-refractivity contribution in [3.05, 3.63) is 58.6 Å². The van der Waals surface area contributed by atoms with Crippen LogP contribution in [0.15, 0.2) is 42.5 Å². The Hall–Kier alpha value is -1.00. The minimum Gasteiger partial charge on any atom is -0.497 e. The molecule has 59 heavy (non-hydrogen) atoms. The number of hydrogen-bond acceptors (Lipinski definition) is 7. The molecular formula is C47H87ClN2O5Si4. The molecule has 1 heterocycles. The SMILES string of the molecule is COc1cc(Cl)cc(NCCc2ccc(CCN3CC(O[Si](C)(C)C(C)(C)C)C(O[Si](C)(C)C(C)(C)C)C(O[Si](C)(C)C(C)(C)C)[C@H]3CO[Si](C)(C)C(C)(C)C)cc2)c1. The Labute approximate surface area is 371 Å². The van der Waals surface area contributed by atoms with Gasteiger partial charge in [-0.2, -0.15) is 0 Å². The van der Waals surface area contributed by atoms with E-state index in [1.54, 1.807) is 7.11 Å². The van der Waals surface area contributed by atoms with E-state index in [1.165, 1.54) is 11.1 Å². The topological polar surface area (TPSA) is 61.4 Å². The number of benzene rings is 2. The van der Waals surface area contributed by atoms with Gasteiger partial charge in [0.1, 0.15) is 5.75 Å². The van der Waals surface area contributed by atoms with Gasteiger partial charge < -0.3 is 27.8 Å². The molecule has 1 aliphatic rings. The van der Waals surface area contributed by atoms with Gasteiger partial charge in [-0.3, -0.25) is 4.90 Å². The van der Waals surface area contributed by atoms with E-state index in [1.807, 2.05) is 18.2 Å². The summed E-state index contributed by atoms with van der Waals surface area (Å²) in [5, 5.41) is 4.36. The summed E-state index contributed by atoms with van der Waals surface area (Å²) in [4.78, 5) is 2.67. The van der Waals surface area contributed by atoms with Gasteiger partial charge in [-0.1, -0.05) is 119 Å². The summed E-state index contributed by atoms with van der Waals surface area (Å²) in [7, 11) is -7.22. The molecule has 0 amide bonds. The van der Waals surface area contributed by atoms with Crippen molar-refractivity contribution < 1.29 is 22.4 Å². The summed E-state index contributed by atoms with van der Waals surface area (Å²) in [6, 6.07) is 14.9. The van der Waals surface area contributed by atoms with Crippen LogP contribution in [-0.2, 0) is 30.5 Å². The number of halogens is 1. The first-order valence-electron chi connectivity index (χ1n) is 22.2. The Morgan fingerprint density at radius 2 is 1.08 bits per heavy atom. The predicted molar refractivity (Wildman–Crippen MR) is 265 cm³/mol. The molecule has 0 spiro atoms. The molecule has 1 aliphatic heterocycles. The van der Waals surface area contributed by atoms with Crippen LogP contribution in [0.2, 0.25) is 77.6 Å². The number of ether oxygens (including phenoxy) is 1. The van der Waals surface area contributed by atoms with Crippen LogP contribution >= 0.6 is 11.6 Å². The third kappa shape index (κ3) is 14.0. The summed E-state index contributed by atoms with van der Waals surface area (Å²) >= 11 is 6.31. The van der Waals surface area contributed by atoms with Crippen LogP contribution in [0.25, 0.3) is 0 Å². The zero-order valence-electron chi connectivity index (χ0n) is 41.5. The highest BCUT2D eigenvalue weighted by Crippen LogP contribution is 2.46. The van der Waals surface area contributed by atoms with Gasteiger partial charge in [0.2, 0.25) is 0 Å². The molecule has 1 N–H and O–H groups in total. The molecule has 0 aromatic heterocycles. The average molecular weight is 908 g/mol. The van der Waals surface area contributed by atoms with Crippen LogP contribution in [0.5, 0.6) is 5.75 Å². The first kappa shape index (κ1) is 52.3. The number of nitrogens with zero attached hydrogens (tertiary/aromatic N) is 1. The smallest absolute Gasteiger partial charge is 0.192 e. The lowest BCUT2D eigenvalue weighted by molar-refractivity contribution is -0.128. The molecule has 3 unspecified atom stereocenters. The van der Waals surface area contributed by atoms with Crippen LogP contribution < -0.4 is 10.1 Å². The van der Waals surface area contributed by atoms with E-state index < -0.39 is 33.3 Å². The number of piperidine rings is 1. The summed E-state index contributed by atoms with van der Waals surface area (Å²) in [6.07, 6.45) is 1.29. The summed E-state index contributed by atoms with van der Waals surface area (Å²) < 4.78 is 35.6. The Morgan fingerprint density at radius 3 is 1.56 bits per heavy atom. The summed E-state index contributed by atoms with van der Waals surface area (Å²) in [5.74, 6) is 0.751. The Bertz CT molecular complexity index is 1640. The third-order valence-corrected chi connectivity index (χ3v) is 32.8. The van der Waals surface area contributed by atoms with E-state index in [-0.39, 0.29) is 44.5 Å². The van der Waals surface area contributed by atoms with E-state index in [2.05, 4.69) is 170 Å². The van der Waals surface area contributed by atoms with E-state index in [9.17, 15) is 0 Å². The molecular weight excluding hydrogens is 820 g/mol. The maximum atomic E-state index is 7.74. The zero-order chi connectivity index (χ0) is 45.2. The molecule has 3 rings (SSSR count). The zero-order valence-corrected chi connectivity index (χ0v) is 46.2. The van der Waals surface area contributed by atoms with E-state index in [0.717, 1.165) is 43.9 Å². The lowest BCUT2D eigenvalue weighted by Gasteiger charge is -2.56. The third-order valence-electron chi connectivity index (χ3n) is 14.7. The molecule has 0 aliphatic carbocycles. The van der Waals surface area contributed by atoms with Crippen LogP contribution in [0.3, 0.4) is 0 Å². The lowest BCUT2D eigenvalue weighted by Crippen LogP contribution is -2.70. The number of rotatable bonds is 17. The highest BCUT2D eigenvalue weighted by molar-refractivity contribution is 6.75. The fraction of sp³-hybridized carbons (Fsp3) is 0.745. The average Bonchev–Trinajstić information content (AvgIpc) is 3.06. The number of nitrogens with one attached hydrogen (secondary N) is 1. The molecule has 4 atom stereocenters. The van der Waals surface area contributed by atoms with Gasteiger partial charge in [-0.25, -0.2) is 0 Å². The Balaban J connectivity index is 2.06. The van der Waals surface area contributed by atoms with Crippen molar-refractivity contribution in [2.75, 3.05) is 38.7 Å².